The lowest BCUT2D eigenvalue weighted by Gasteiger charge is -2.34. The summed E-state index contributed by atoms with van der Waals surface area (Å²) >= 11 is 0. The molecule has 0 spiro atoms. The van der Waals surface area contributed by atoms with Crippen LogP contribution in [0, 0.1) is 0 Å². The van der Waals surface area contributed by atoms with Gasteiger partial charge in [-0.05, 0) is 93.2 Å². The number of aromatic nitrogens is 2. The minimum absolute atomic E-state index is 0.0331. The Balaban J connectivity index is 1.18. The minimum atomic E-state index is 0.0331. The summed E-state index contributed by atoms with van der Waals surface area (Å²) in [6.45, 7) is 0.0331. The summed E-state index contributed by atoms with van der Waals surface area (Å²) in [6.07, 6.45) is 0. The van der Waals surface area contributed by atoms with Crippen LogP contribution < -0.4 is 21.3 Å². The van der Waals surface area contributed by atoms with Crippen LogP contribution in [0.3, 0.4) is 0 Å². The van der Waals surface area contributed by atoms with E-state index in [-0.39, 0.29) is 6.71 Å². The fraction of sp³-hybridized carbons (Fsp3) is 0. The van der Waals surface area contributed by atoms with E-state index in [2.05, 4.69) is 220 Å². The lowest BCUT2D eigenvalue weighted by Crippen LogP contribution is -2.59. The Morgan fingerprint density at radius 3 is 1.52 bits per heavy atom. The Bertz CT molecular complexity index is 3400. The van der Waals surface area contributed by atoms with Crippen LogP contribution in [0.15, 0.2) is 206 Å². The largest absolute Gasteiger partial charge is 0.310 e. The monoisotopic (exact) mass is 735 g/mol. The zero-order chi connectivity index (χ0) is 37.9. The van der Waals surface area contributed by atoms with E-state index in [9.17, 15) is 0 Å². The SMILES string of the molecule is c1ccc(-c2cccc3c2c2c(-c4ccccc4)ccc4c2n3-c2cccc3c2B4c2ccc(N(c4ccccc4)c4ccccc4)c4c5ccccc5n-3c24)cc1. The van der Waals surface area contributed by atoms with E-state index in [1.54, 1.807) is 0 Å². The third kappa shape index (κ3) is 4.18. The average molecular weight is 736 g/mol. The first kappa shape index (κ1) is 31.6. The number of hydrogen-bond acceptors (Lipinski definition) is 1. The van der Waals surface area contributed by atoms with E-state index >= 15 is 0 Å². The number of benzene rings is 9. The van der Waals surface area contributed by atoms with Crippen LogP contribution >= 0.6 is 0 Å². The van der Waals surface area contributed by atoms with E-state index in [0.717, 1.165) is 11.4 Å². The van der Waals surface area contributed by atoms with Crippen molar-refractivity contribution in [3.05, 3.63) is 206 Å². The standard InChI is InChI=1S/C54H34BN3/c1-5-17-35(18-6-1)39-26-15-28-45-49(39)51-40(36-19-7-2-8-20-36)31-32-42-54(51)58(45)48-30-16-29-47-52(48)55(42)43-33-34-46(50-41-25-13-14-27-44(41)57(47)53(43)50)56(37-21-9-3-10-22-37)38-23-11-4-12-24-38/h1-34H. The van der Waals surface area contributed by atoms with Crippen LogP contribution in [0.25, 0.3) is 77.2 Å². The van der Waals surface area contributed by atoms with Gasteiger partial charge in [-0.25, -0.2) is 0 Å². The first-order valence-electron chi connectivity index (χ1n) is 20.2. The second kappa shape index (κ2) is 12.0. The van der Waals surface area contributed by atoms with Crippen LogP contribution in [0.1, 0.15) is 0 Å². The highest BCUT2D eigenvalue weighted by Gasteiger charge is 2.42. The number of para-hydroxylation sites is 3. The molecule has 0 unspecified atom stereocenters. The molecule has 0 atom stereocenters. The molecule has 0 bridgehead atoms. The third-order valence-corrected chi connectivity index (χ3v) is 12.7. The maximum atomic E-state index is 2.59. The summed E-state index contributed by atoms with van der Waals surface area (Å²) in [6, 6.07) is 75.9. The predicted molar refractivity (Wildman–Crippen MR) is 245 cm³/mol. The van der Waals surface area contributed by atoms with Crippen LogP contribution in [0.2, 0.25) is 0 Å². The van der Waals surface area contributed by atoms with Gasteiger partial charge in [0.2, 0.25) is 0 Å². The van der Waals surface area contributed by atoms with Gasteiger partial charge in [-0.1, -0.05) is 152 Å². The van der Waals surface area contributed by atoms with E-state index < -0.39 is 0 Å². The molecule has 0 radical (unpaired) electrons. The maximum absolute atomic E-state index is 2.59. The summed E-state index contributed by atoms with van der Waals surface area (Å²) in [5.74, 6) is 0. The molecule has 4 heterocycles. The molecule has 2 aliphatic rings. The lowest BCUT2D eigenvalue weighted by atomic mass is 9.34. The highest BCUT2D eigenvalue weighted by molar-refractivity contribution is 7.00. The van der Waals surface area contributed by atoms with Gasteiger partial charge in [0.05, 0.1) is 27.8 Å². The van der Waals surface area contributed by atoms with Crippen LogP contribution in [0.5, 0.6) is 0 Å². The van der Waals surface area contributed by atoms with Gasteiger partial charge in [0.1, 0.15) is 0 Å². The summed E-state index contributed by atoms with van der Waals surface area (Å²) in [5.41, 5.74) is 20.0. The van der Waals surface area contributed by atoms with Gasteiger partial charge < -0.3 is 14.0 Å². The second-order valence-corrected chi connectivity index (χ2v) is 15.6. The molecule has 0 saturated heterocycles. The molecule has 0 aliphatic carbocycles. The Labute approximate surface area is 336 Å². The Kier molecular flexibility index (Phi) is 6.53. The van der Waals surface area contributed by atoms with E-state index in [0.29, 0.717) is 0 Å². The summed E-state index contributed by atoms with van der Waals surface area (Å²) in [5, 5.41) is 5.14. The van der Waals surface area contributed by atoms with Crippen molar-refractivity contribution < 1.29 is 0 Å². The molecule has 268 valence electrons. The Morgan fingerprint density at radius 1 is 0.362 bits per heavy atom. The summed E-state index contributed by atoms with van der Waals surface area (Å²) in [4.78, 5) is 2.43. The molecule has 9 aromatic carbocycles. The minimum Gasteiger partial charge on any atom is -0.310 e. The van der Waals surface area contributed by atoms with E-state index in [1.807, 2.05) is 0 Å². The van der Waals surface area contributed by atoms with Crippen LogP contribution in [0.4, 0.5) is 17.1 Å². The predicted octanol–water partition coefficient (Wildman–Crippen LogP) is 11.8. The van der Waals surface area contributed by atoms with Crippen molar-refractivity contribution in [1.82, 2.24) is 9.13 Å². The zero-order valence-corrected chi connectivity index (χ0v) is 31.5. The Hall–Kier alpha value is -7.56. The maximum Gasteiger partial charge on any atom is 0.252 e. The van der Waals surface area contributed by atoms with Crippen molar-refractivity contribution in [2.24, 2.45) is 0 Å². The van der Waals surface area contributed by atoms with E-state index in [4.69, 9.17) is 0 Å². The molecular weight excluding hydrogens is 701 g/mol. The normalized spacial score (nSPS) is 12.4. The number of nitrogens with zero attached hydrogens (tertiary/aromatic N) is 3. The molecule has 0 amide bonds. The average Bonchev–Trinajstić information content (AvgIpc) is 3.84. The first-order valence-corrected chi connectivity index (χ1v) is 20.2. The van der Waals surface area contributed by atoms with Gasteiger partial charge in [0.15, 0.2) is 0 Å². The fourth-order valence-corrected chi connectivity index (χ4v) is 10.5. The molecule has 4 heteroatoms. The number of rotatable bonds is 5. The smallest absolute Gasteiger partial charge is 0.252 e. The quantitative estimate of drug-likeness (QED) is 0.160. The lowest BCUT2D eigenvalue weighted by molar-refractivity contribution is 1.14. The zero-order valence-electron chi connectivity index (χ0n) is 31.5. The molecular formula is C54H34BN3. The molecule has 11 aromatic rings. The van der Waals surface area contributed by atoms with Gasteiger partial charge in [-0.2, -0.15) is 0 Å². The van der Waals surface area contributed by atoms with Crippen LogP contribution in [-0.2, 0) is 0 Å². The van der Waals surface area contributed by atoms with Crippen molar-refractivity contribution in [2.45, 2.75) is 0 Å². The molecule has 58 heavy (non-hydrogen) atoms. The Morgan fingerprint density at radius 2 is 0.862 bits per heavy atom. The molecule has 0 fully saturated rings. The van der Waals surface area contributed by atoms with Crippen molar-refractivity contribution in [3.8, 4) is 33.6 Å². The topological polar surface area (TPSA) is 13.1 Å². The molecule has 2 aromatic heterocycles. The van der Waals surface area contributed by atoms with Crippen molar-refractivity contribution >= 4 is 83.8 Å². The van der Waals surface area contributed by atoms with Crippen molar-refractivity contribution in [2.75, 3.05) is 4.90 Å². The molecule has 13 rings (SSSR count). The summed E-state index contributed by atoms with van der Waals surface area (Å²) < 4.78 is 5.15. The molecule has 0 saturated carbocycles. The molecule has 3 nitrogen and oxygen atoms in total. The first-order chi connectivity index (χ1) is 28.8. The second-order valence-electron chi connectivity index (χ2n) is 15.6. The number of fused-ring (bicyclic) bond motifs is 10. The van der Waals surface area contributed by atoms with Gasteiger partial charge >= 0.3 is 0 Å². The highest BCUT2D eigenvalue weighted by atomic mass is 15.1. The third-order valence-electron chi connectivity index (χ3n) is 12.7. The number of anilines is 3. The highest BCUT2D eigenvalue weighted by Crippen LogP contribution is 2.47. The van der Waals surface area contributed by atoms with Crippen molar-refractivity contribution in [3.63, 3.8) is 0 Å². The van der Waals surface area contributed by atoms with Gasteiger partial charge in [-0.15, -0.1) is 0 Å². The van der Waals surface area contributed by atoms with Crippen molar-refractivity contribution in [1.29, 1.82) is 0 Å². The van der Waals surface area contributed by atoms with Gasteiger partial charge in [-0.3, -0.25) is 0 Å². The summed E-state index contributed by atoms with van der Waals surface area (Å²) in [7, 11) is 0. The fourth-order valence-electron chi connectivity index (χ4n) is 10.5. The molecule has 2 aliphatic heterocycles. The number of hydrogen-bond donors (Lipinski definition) is 0. The van der Waals surface area contributed by atoms with Gasteiger partial charge in [0.25, 0.3) is 6.71 Å². The molecule has 0 N–H and O–H groups in total. The van der Waals surface area contributed by atoms with E-state index in [1.165, 1.54) is 99.3 Å². The van der Waals surface area contributed by atoms with Gasteiger partial charge in [0, 0.05) is 44.3 Å². The van der Waals surface area contributed by atoms with Crippen LogP contribution in [-0.4, -0.2) is 15.8 Å².